The summed E-state index contributed by atoms with van der Waals surface area (Å²) in [6.45, 7) is 6.64. The number of rotatable bonds is 2. The molecule has 0 spiro atoms. The topological polar surface area (TPSA) is 17.1 Å². The van der Waals surface area contributed by atoms with E-state index < -0.39 is 0 Å². The fourth-order valence-electron chi connectivity index (χ4n) is 3.42. The van der Waals surface area contributed by atoms with E-state index in [9.17, 15) is 4.79 Å². The summed E-state index contributed by atoms with van der Waals surface area (Å²) in [4.78, 5) is 14.9. The molecule has 2 aliphatic rings. The van der Waals surface area contributed by atoms with Crippen molar-refractivity contribution in [3.8, 4) is 0 Å². The summed E-state index contributed by atoms with van der Waals surface area (Å²) in [5.41, 5.74) is 0.166. The average molecular weight is 262 g/mol. The van der Waals surface area contributed by atoms with Gasteiger partial charge in [0.15, 0.2) is 5.78 Å². The Kier molecular flexibility index (Phi) is 2.89. The third-order valence-electron chi connectivity index (χ3n) is 4.55. The Morgan fingerprint density at radius 1 is 1.17 bits per heavy atom. The van der Waals surface area contributed by atoms with Gasteiger partial charge in [0.05, 0.1) is 4.88 Å². The van der Waals surface area contributed by atoms with Crippen molar-refractivity contribution in [1.82, 2.24) is 0 Å². The first-order valence-corrected chi connectivity index (χ1v) is 7.94. The van der Waals surface area contributed by atoms with Crippen LogP contribution in [0.5, 0.6) is 0 Å². The van der Waals surface area contributed by atoms with Gasteiger partial charge in [0.1, 0.15) is 0 Å². The number of carbonyl (C=O) groups is 1. The van der Waals surface area contributed by atoms with Crippen molar-refractivity contribution in [3.05, 3.63) is 21.9 Å². The summed E-state index contributed by atoms with van der Waals surface area (Å²) in [5, 5.41) is 0. The van der Waals surface area contributed by atoms with Crippen LogP contribution in [-0.4, -0.2) is 5.78 Å². The molecular formula is C16H22OS. The van der Waals surface area contributed by atoms with Gasteiger partial charge in [-0.2, -0.15) is 0 Å². The van der Waals surface area contributed by atoms with Gasteiger partial charge < -0.3 is 0 Å². The Balaban J connectivity index is 1.76. The monoisotopic (exact) mass is 262 g/mol. The van der Waals surface area contributed by atoms with Gasteiger partial charge in [0.25, 0.3) is 0 Å². The summed E-state index contributed by atoms with van der Waals surface area (Å²) in [5.74, 6) is 2.27. The lowest BCUT2D eigenvalue weighted by molar-refractivity contribution is 0.0960. The Bertz CT molecular complexity index is 454. The van der Waals surface area contributed by atoms with Crippen LogP contribution in [0, 0.1) is 17.8 Å². The second-order valence-corrected chi connectivity index (χ2v) is 8.00. The second-order valence-electron chi connectivity index (χ2n) is 6.92. The van der Waals surface area contributed by atoms with Crippen LogP contribution in [0.2, 0.25) is 0 Å². The van der Waals surface area contributed by atoms with Crippen LogP contribution in [-0.2, 0) is 5.41 Å². The van der Waals surface area contributed by atoms with Gasteiger partial charge in [0, 0.05) is 10.8 Å². The minimum absolute atomic E-state index is 0.166. The molecule has 2 aliphatic carbocycles. The van der Waals surface area contributed by atoms with Crippen molar-refractivity contribution < 1.29 is 4.79 Å². The number of Topliss-reactive ketones (excluding diaryl/α,β-unsaturated/α-hetero) is 1. The summed E-state index contributed by atoms with van der Waals surface area (Å²) in [6, 6.07) is 4.20. The van der Waals surface area contributed by atoms with Gasteiger partial charge in [-0.3, -0.25) is 4.79 Å². The van der Waals surface area contributed by atoms with E-state index in [0.717, 1.165) is 16.7 Å². The molecule has 0 amide bonds. The van der Waals surface area contributed by atoms with Gasteiger partial charge in [-0.15, -0.1) is 11.3 Å². The zero-order valence-corrected chi connectivity index (χ0v) is 12.3. The van der Waals surface area contributed by atoms with Gasteiger partial charge in [0.2, 0.25) is 0 Å². The molecule has 0 radical (unpaired) electrons. The smallest absolute Gasteiger partial charge is 0.176 e. The molecule has 2 atom stereocenters. The number of thiophene rings is 1. The Labute approximate surface area is 114 Å². The molecule has 2 heteroatoms. The molecule has 0 aromatic carbocycles. The van der Waals surface area contributed by atoms with E-state index in [4.69, 9.17) is 0 Å². The highest BCUT2D eigenvalue weighted by Crippen LogP contribution is 2.56. The molecule has 2 unspecified atom stereocenters. The standard InChI is InChI=1S/C16H22OS/c1-16(2,3)13-9-8-12(18-13)15(17)14-10-6-4-5-7-11(10)14/h8-11,14H,4-7H2,1-3H3. The van der Waals surface area contributed by atoms with E-state index in [0.29, 0.717) is 11.7 Å². The van der Waals surface area contributed by atoms with E-state index in [1.165, 1.54) is 30.6 Å². The maximum Gasteiger partial charge on any atom is 0.176 e. The summed E-state index contributed by atoms with van der Waals surface area (Å²) in [6.07, 6.45) is 5.25. The van der Waals surface area contributed by atoms with Crippen molar-refractivity contribution in [3.63, 3.8) is 0 Å². The molecule has 2 saturated carbocycles. The predicted molar refractivity (Wildman–Crippen MR) is 76.3 cm³/mol. The fraction of sp³-hybridized carbons (Fsp3) is 0.688. The second kappa shape index (κ2) is 4.19. The first kappa shape index (κ1) is 12.4. The van der Waals surface area contributed by atoms with Gasteiger partial charge in [-0.05, 0) is 42.2 Å². The molecule has 1 nitrogen and oxygen atoms in total. The molecule has 0 N–H and O–H groups in total. The lowest BCUT2D eigenvalue weighted by atomic mass is 9.95. The highest BCUT2D eigenvalue weighted by molar-refractivity contribution is 7.14. The minimum atomic E-state index is 0.166. The maximum atomic E-state index is 12.5. The average Bonchev–Trinajstić information content (AvgIpc) is 2.81. The first-order valence-electron chi connectivity index (χ1n) is 7.13. The van der Waals surface area contributed by atoms with Crippen molar-refractivity contribution in [2.75, 3.05) is 0 Å². The quantitative estimate of drug-likeness (QED) is 0.708. The van der Waals surface area contributed by atoms with Gasteiger partial charge >= 0.3 is 0 Å². The third kappa shape index (κ3) is 2.05. The molecule has 18 heavy (non-hydrogen) atoms. The van der Waals surface area contributed by atoms with Crippen molar-refractivity contribution >= 4 is 17.1 Å². The van der Waals surface area contributed by atoms with E-state index in [-0.39, 0.29) is 5.41 Å². The third-order valence-corrected chi connectivity index (χ3v) is 6.07. The highest BCUT2D eigenvalue weighted by Gasteiger charge is 2.54. The van der Waals surface area contributed by atoms with Crippen LogP contribution in [0.1, 0.15) is 61.0 Å². The summed E-state index contributed by atoms with van der Waals surface area (Å²) >= 11 is 1.71. The fourth-order valence-corrected chi connectivity index (χ4v) is 4.47. The number of hydrogen-bond donors (Lipinski definition) is 0. The molecule has 1 heterocycles. The number of fused-ring (bicyclic) bond motifs is 1. The maximum absolute atomic E-state index is 12.5. The highest BCUT2D eigenvalue weighted by atomic mass is 32.1. The van der Waals surface area contributed by atoms with Crippen LogP contribution in [0.3, 0.4) is 0 Å². The van der Waals surface area contributed by atoms with E-state index in [2.05, 4.69) is 32.9 Å². The molecule has 3 rings (SSSR count). The zero-order valence-electron chi connectivity index (χ0n) is 11.5. The van der Waals surface area contributed by atoms with Crippen molar-refractivity contribution in [1.29, 1.82) is 0 Å². The summed E-state index contributed by atoms with van der Waals surface area (Å²) < 4.78 is 0. The van der Waals surface area contributed by atoms with Gasteiger partial charge in [-0.25, -0.2) is 0 Å². The van der Waals surface area contributed by atoms with E-state index in [1.54, 1.807) is 11.3 Å². The SMILES string of the molecule is CC(C)(C)c1ccc(C(=O)C2C3CCCCC32)s1. The Hall–Kier alpha value is -0.630. The largest absolute Gasteiger partial charge is 0.293 e. The van der Waals surface area contributed by atoms with Crippen molar-refractivity contribution in [2.45, 2.75) is 51.9 Å². The Morgan fingerprint density at radius 2 is 1.78 bits per heavy atom. The number of ketones is 1. The van der Waals surface area contributed by atoms with Crippen LogP contribution in [0.4, 0.5) is 0 Å². The van der Waals surface area contributed by atoms with Gasteiger partial charge in [-0.1, -0.05) is 33.6 Å². The Morgan fingerprint density at radius 3 is 2.28 bits per heavy atom. The molecule has 1 aromatic heterocycles. The lowest BCUT2D eigenvalue weighted by Gasteiger charge is -2.15. The van der Waals surface area contributed by atoms with E-state index in [1.807, 2.05) is 0 Å². The molecule has 1 aromatic rings. The number of carbonyl (C=O) groups excluding carboxylic acids is 1. The molecule has 2 fully saturated rings. The molecular weight excluding hydrogens is 240 g/mol. The number of hydrogen-bond acceptors (Lipinski definition) is 2. The lowest BCUT2D eigenvalue weighted by Crippen LogP contribution is -2.08. The predicted octanol–water partition coefficient (Wildman–Crippen LogP) is 4.66. The van der Waals surface area contributed by atoms with Crippen LogP contribution in [0.15, 0.2) is 12.1 Å². The van der Waals surface area contributed by atoms with Crippen LogP contribution in [0.25, 0.3) is 0 Å². The minimum Gasteiger partial charge on any atom is -0.293 e. The zero-order chi connectivity index (χ0) is 12.9. The van der Waals surface area contributed by atoms with Crippen molar-refractivity contribution in [2.24, 2.45) is 17.8 Å². The van der Waals surface area contributed by atoms with Crippen LogP contribution >= 0.6 is 11.3 Å². The summed E-state index contributed by atoms with van der Waals surface area (Å²) in [7, 11) is 0. The molecule has 98 valence electrons. The molecule has 0 aliphatic heterocycles. The van der Waals surface area contributed by atoms with Crippen LogP contribution < -0.4 is 0 Å². The molecule has 0 saturated heterocycles. The first-order chi connectivity index (χ1) is 8.48. The van der Waals surface area contributed by atoms with E-state index >= 15 is 0 Å². The molecule has 0 bridgehead atoms. The normalized spacial score (nSPS) is 30.9.